The number of rotatable bonds is 1. The molecule has 46 valence electrons. The summed E-state index contributed by atoms with van der Waals surface area (Å²) in [7, 11) is 3.66. The lowest BCUT2D eigenvalue weighted by Gasteiger charge is -2.02. The molecule has 0 saturated heterocycles. The molecule has 1 aliphatic heterocycles. The van der Waals surface area contributed by atoms with Gasteiger partial charge in [0.25, 0.3) is 0 Å². The molecule has 0 aromatic carbocycles. The van der Waals surface area contributed by atoms with Crippen LogP contribution in [0.15, 0.2) is 0 Å². The van der Waals surface area contributed by atoms with Gasteiger partial charge in [-0.1, -0.05) is 0 Å². The van der Waals surface area contributed by atoms with Gasteiger partial charge in [0, 0.05) is 0 Å². The molecule has 3 nitrogen and oxygen atoms in total. The number of hydrazine groups is 1. The summed E-state index contributed by atoms with van der Waals surface area (Å²) < 4.78 is 0. The van der Waals surface area contributed by atoms with Crippen molar-refractivity contribution < 1.29 is 9.69 Å². The Kier molecular flexibility index (Phi) is 1.37. The highest BCUT2D eigenvalue weighted by atomic mass is 16.7. The van der Waals surface area contributed by atoms with Crippen molar-refractivity contribution in [2.24, 2.45) is 0 Å². The van der Waals surface area contributed by atoms with E-state index in [9.17, 15) is 0 Å². The van der Waals surface area contributed by atoms with E-state index < -0.39 is 0 Å². The first-order valence-electron chi connectivity index (χ1n) is 2.72. The van der Waals surface area contributed by atoms with Gasteiger partial charge in [0.1, 0.15) is 0 Å². The van der Waals surface area contributed by atoms with Crippen molar-refractivity contribution in [2.75, 3.05) is 20.7 Å². The molecule has 3 heteroatoms. The zero-order chi connectivity index (χ0) is 5.98. The maximum Gasteiger partial charge on any atom is 0.230 e. The van der Waals surface area contributed by atoms with Crippen LogP contribution in [0.4, 0.5) is 0 Å². The Morgan fingerprint density at radius 2 is 2.50 bits per heavy atom. The van der Waals surface area contributed by atoms with Crippen LogP contribution in [-0.2, 0) is 4.84 Å². The van der Waals surface area contributed by atoms with Crippen LogP contribution in [0.25, 0.3) is 0 Å². The predicted molar refractivity (Wildman–Crippen MR) is 30.6 cm³/mol. The highest BCUT2D eigenvalue weighted by Gasteiger charge is 2.17. The first-order valence-corrected chi connectivity index (χ1v) is 2.72. The minimum absolute atomic E-state index is 1.06. The summed E-state index contributed by atoms with van der Waals surface area (Å²) in [4.78, 5) is 6.66. The SMILES string of the molecule is CO[N+]1=CCCN1C. The molecule has 8 heavy (non-hydrogen) atoms. The average molecular weight is 115 g/mol. The Hall–Kier alpha value is -0.730. The molecule has 0 unspecified atom stereocenters. The largest absolute Gasteiger partial charge is 0.251 e. The van der Waals surface area contributed by atoms with Gasteiger partial charge in [0.2, 0.25) is 6.21 Å². The Balaban J connectivity index is 2.49. The fraction of sp³-hybridized carbons (Fsp3) is 0.800. The summed E-state index contributed by atoms with van der Waals surface area (Å²) in [5, 5.41) is 2.01. The molecule has 1 rings (SSSR count). The molecule has 0 spiro atoms. The molecule has 0 atom stereocenters. The van der Waals surface area contributed by atoms with Crippen molar-refractivity contribution >= 4 is 6.21 Å². The molecule has 1 heterocycles. The van der Waals surface area contributed by atoms with E-state index in [1.54, 1.807) is 12.0 Å². The lowest BCUT2D eigenvalue weighted by atomic mass is 10.5. The summed E-state index contributed by atoms with van der Waals surface area (Å²) >= 11 is 0. The Morgan fingerprint density at radius 1 is 1.75 bits per heavy atom. The van der Waals surface area contributed by atoms with E-state index in [1.807, 2.05) is 18.3 Å². The lowest BCUT2D eigenvalue weighted by molar-refractivity contribution is -0.878. The second-order valence-electron chi connectivity index (χ2n) is 1.84. The second-order valence-corrected chi connectivity index (χ2v) is 1.84. The first-order chi connectivity index (χ1) is 3.84. The van der Waals surface area contributed by atoms with Crippen LogP contribution in [0, 0.1) is 0 Å². The summed E-state index contributed by atoms with van der Waals surface area (Å²) in [6, 6.07) is 0. The third-order valence-electron chi connectivity index (χ3n) is 1.26. The van der Waals surface area contributed by atoms with E-state index >= 15 is 0 Å². The molecule has 0 N–H and O–H groups in total. The quantitative estimate of drug-likeness (QED) is 0.443. The zero-order valence-electron chi connectivity index (χ0n) is 5.29. The maximum absolute atomic E-state index is 4.93. The van der Waals surface area contributed by atoms with Crippen LogP contribution in [-0.4, -0.2) is 36.8 Å². The predicted octanol–water partition coefficient (Wildman–Crippen LogP) is -0.118. The van der Waals surface area contributed by atoms with Gasteiger partial charge in [-0.2, -0.15) is 0 Å². The molecule has 0 fully saturated rings. The van der Waals surface area contributed by atoms with E-state index in [2.05, 4.69) is 0 Å². The lowest BCUT2D eigenvalue weighted by Crippen LogP contribution is -2.25. The Labute approximate surface area is 49.1 Å². The number of nitrogens with zero attached hydrogens (tertiary/aromatic N) is 2. The molecule has 0 aromatic rings. The smallest absolute Gasteiger partial charge is 0.230 e. The Bertz CT molecular complexity index is 111. The van der Waals surface area contributed by atoms with Gasteiger partial charge < -0.3 is 0 Å². The van der Waals surface area contributed by atoms with Crippen LogP contribution in [0.5, 0.6) is 0 Å². The van der Waals surface area contributed by atoms with Crippen LogP contribution in [0.3, 0.4) is 0 Å². The third kappa shape index (κ3) is 0.757. The maximum atomic E-state index is 4.93. The molecule has 0 bridgehead atoms. The molecule has 0 amide bonds. The number of hydrazone groups is 1. The van der Waals surface area contributed by atoms with Gasteiger partial charge in [-0.3, -0.25) is 4.84 Å². The fourth-order valence-electron chi connectivity index (χ4n) is 0.807. The minimum Gasteiger partial charge on any atom is -0.251 e. The fourth-order valence-corrected chi connectivity index (χ4v) is 0.807. The van der Waals surface area contributed by atoms with E-state index in [0.29, 0.717) is 0 Å². The van der Waals surface area contributed by atoms with Crippen molar-refractivity contribution in [3.63, 3.8) is 0 Å². The molecular weight excluding hydrogens is 104 g/mol. The molecule has 0 aliphatic carbocycles. The highest BCUT2D eigenvalue weighted by Crippen LogP contribution is 1.94. The Morgan fingerprint density at radius 3 is 2.75 bits per heavy atom. The van der Waals surface area contributed by atoms with E-state index in [0.717, 1.165) is 13.0 Å². The van der Waals surface area contributed by atoms with E-state index in [-0.39, 0.29) is 0 Å². The highest BCUT2D eigenvalue weighted by molar-refractivity contribution is 5.51. The summed E-state index contributed by atoms with van der Waals surface area (Å²) in [5.41, 5.74) is 0. The second kappa shape index (κ2) is 2.03. The van der Waals surface area contributed by atoms with Crippen LogP contribution < -0.4 is 0 Å². The average Bonchev–Trinajstić information content (AvgIpc) is 2.14. The number of hydrogen-bond acceptors (Lipinski definition) is 2. The van der Waals surface area contributed by atoms with Crippen LogP contribution in [0.1, 0.15) is 6.42 Å². The van der Waals surface area contributed by atoms with Crippen LogP contribution >= 0.6 is 0 Å². The third-order valence-corrected chi connectivity index (χ3v) is 1.26. The van der Waals surface area contributed by atoms with Crippen LogP contribution in [0.2, 0.25) is 0 Å². The van der Waals surface area contributed by atoms with E-state index in [1.165, 1.54) is 0 Å². The normalized spacial score (nSPS) is 18.8. The van der Waals surface area contributed by atoms with Gasteiger partial charge in [-0.05, 0) is 0 Å². The van der Waals surface area contributed by atoms with E-state index in [4.69, 9.17) is 4.84 Å². The molecule has 1 aliphatic rings. The van der Waals surface area contributed by atoms with Gasteiger partial charge >= 0.3 is 0 Å². The van der Waals surface area contributed by atoms with Crippen molar-refractivity contribution in [1.82, 2.24) is 5.01 Å². The molecular formula is C5H11N2O+. The van der Waals surface area contributed by atoms with Gasteiger partial charge in [-0.15, -0.1) is 5.01 Å². The summed E-state index contributed by atoms with van der Waals surface area (Å²) in [5.74, 6) is 0. The molecule has 0 radical (unpaired) electrons. The summed E-state index contributed by atoms with van der Waals surface area (Å²) in [6.45, 7) is 1.06. The van der Waals surface area contributed by atoms with Gasteiger partial charge in [0.05, 0.1) is 24.9 Å². The topological polar surface area (TPSA) is 15.5 Å². The van der Waals surface area contributed by atoms with Crippen molar-refractivity contribution in [2.45, 2.75) is 6.42 Å². The van der Waals surface area contributed by atoms with Crippen molar-refractivity contribution in [1.29, 1.82) is 0 Å². The van der Waals surface area contributed by atoms with Crippen molar-refractivity contribution in [3.05, 3.63) is 0 Å². The monoisotopic (exact) mass is 115 g/mol. The summed E-state index contributed by atoms with van der Waals surface area (Å²) in [6.07, 6.45) is 3.10. The van der Waals surface area contributed by atoms with Gasteiger partial charge in [-0.25, -0.2) is 0 Å². The zero-order valence-corrected chi connectivity index (χ0v) is 5.29. The first kappa shape index (κ1) is 5.41. The molecule has 0 saturated carbocycles. The van der Waals surface area contributed by atoms with Crippen molar-refractivity contribution in [3.8, 4) is 0 Å². The molecule has 0 aromatic heterocycles. The minimum atomic E-state index is 1.06. The van der Waals surface area contributed by atoms with Gasteiger partial charge in [0.15, 0.2) is 7.11 Å². The number of hydrogen-bond donors (Lipinski definition) is 0. The standard InChI is InChI=1S/C5H11N2O/c1-6-4-3-5-7(6)8-2/h5H,3-4H2,1-2H3/q+1.